The molecule has 24 heavy (non-hydrogen) atoms. The number of hydrogen-bond donors (Lipinski definition) is 0. The van der Waals surface area contributed by atoms with Gasteiger partial charge in [0.25, 0.3) is 0 Å². The van der Waals surface area contributed by atoms with Gasteiger partial charge in [-0.15, -0.1) is 0 Å². The predicted molar refractivity (Wildman–Crippen MR) is 94.3 cm³/mol. The van der Waals surface area contributed by atoms with E-state index in [1.54, 1.807) is 18.7 Å². The van der Waals surface area contributed by atoms with Crippen LogP contribution in [0.1, 0.15) is 31.0 Å². The topological polar surface area (TPSA) is 64.2 Å². The summed E-state index contributed by atoms with van der Waals surface area (Å²) in [5.41, 5.74) is 2.14. The van der Waals surface area contributed by atoms with Crippen LogP contribution < -0.4 is 4.90 Å². The third-order valence-corrected chi connectivity index (χ3v) is 5.06. The van der Waals surface area contributed by atoms with Gasteiger partial charge in [-0.3, -0.25) is 10.1 Å². The van der Waals surface area contributed by atoms with Crippen LogP contribution >= 0.6 is 0 Å². The molecule has 0 N–H and O–H groups in total. The highest BCUT2D eigenvalue weighted by Gasteiger charge is 2.38. The highest BCUT2D eigenvalue weighted by atomic mass is 16.6. The second-order valence-electron chi connectivity index (χ2n) is 7.11. The van der Waals surface area contributed by atoms with Gasteiger partial charge in [0.05, 0.1) is 4.92 Å². The molecular formula is C18H24N4O2. The van der Waals surface area contributed by atoms with Crippen LogP contribution in [0.4, 0.5) is 11.5 Å². The van der Waals surface area contributed by atoms with Gasteiger partial charge in [-0.25, -0.2) is 4.68 Å². The maximum absolute atomic E-state index is 11.4. The number of aryl methyl sites for hydroxylation is 3. The summed E-state index contributed by atoms with van der Waals surface area (Å²) in [4.78, 5) is 13.2. The fraction of sp³-hybridized carbons (Fsp3) is 0.500. The minimum absolute atomic E-state index is 0.143. The Morgan fingerprint density at radius 3 is 2.71 bits per heavy atom. The normalized spacial score (nSPS) is 20.5. The smallest absolute Gasteiger partial charge is 0.333 e. The summed E-state index contributed by atoms with van der Waals surface area (Å²) in [7, 11) is 1.79. The van der Waals surface area contributed by atoms with Crippen molar-refractivity contribution in [2.45, 2.75) is 33.1 Å². The molecule has 3 rings (SSSR count). The fourth-order valence-electron chi connectivity index (χ4n) is 3.70. The Labute approximate surface area is 142 Å². The maximum atomic E-state index is 11.4. The van der Waals surface area contributed by atoms with Gasteiger partial charge in [-0.05, 0) is 37.2 Å². The first-order valence-electron chi connectivity index (χ1n) is 8.36. The zero-order chi connectivity index (χ0) is 17.3. The first-order chi connectivity index (χ1) is 11.4. The first-order valence-corrected chi connectivity index (χ1v) is 8.36. The fourth-order valence-corrected chi connectivity index (χ4v) is 3.70. The third kappa shape index (κ3) is 3.13. The number of hydrogen-bond acceptors (Lipinski definition) is 4. The molecule has 1 aliphatic heterocycles. The van der Waals surface area contributed by atoms with Gasteiger partial charge < -0.3 is 4.90 Å². The molecule has 1 fully saturated rings. The summed E-state index contributed by atoms with van der Waals surface area (Å²) >= 11 is 0. The molecule has 0 amide bonds. The van der Waals surface area contributed by atoms with Gasteiger partial charge in [-0.2, -0.15) is 5.10 Å². The number of benzene rings is 1. The van der Waals surface area contributed by atoms with Crippen LogP contribution in [0.15, 0.2) is 30.3 Å². The Morgan fingerprint density at radius 1 is 1.33 bits per heavy atom. The number of nitro groups is 1. The van der Waals surface area contributed by atoms with E-state index in [1.165, 1.54) is 5.56 Å². The molecule has 1 aromatic heterocycles. The first kappa shape index (κ1) is 16.5. The Kier molecular flexibility index (Phi) is 4.30. The largest absolute Gasteiger partial charge is 0.351 e. The number of anilines is 1. The van der Waals surface area contributed by atoms with Crippen molar-refractivity contribution >= 4 is 11.5 Å². The average Bonchev–Trinajstić information content (AvgIpc) is 3.06. The van der Waals surface area contributed by atoms with E-state index in [0.29, 0.717) is 11.5 Å². The average molecular weight is 328 g/mol. The van der Waals surface area contributed by atoms with Crippen molar-refractivity contribution in [1.82, 2.24) is 9.78 Å². The number of aromatic nitrogens is 2. The molecule has 1 saturated heterocycles. The lowest BCUT2D eigenvalue weighted by atomic mass is 9.83. The van der Waals surface area contributed by atoms with Crippen LogP contribution in [-0.4, -0.2) is 27.8 Å². The molecule has 1 aliphatic rings. The SMILES string of the molecule is Cc1nn(C)c(N2CCC(C)(CCc3ccccc3)C2)c1[N+](=O)[O-]. The number of rotatable bonds is 5. The molecule has 0 spiro atoms. The Hall–Kier alpha value is -2.37. The molecule has 2 aromatic rings. The van der Waals surface area contributed by atoms with E-state index in [-0.39, 0.29) is 16.0 Å². The molecule has 1 atom stereocenters. The molecule has 0 aliphatic carbocycles. The second kappa shape index (κ2) is 6.26. The van der Waals surface area contributed by atoms with Gasteiger partial charge in [0.1, 0.15) is 5.69 Å². The lowest BCUT2D eigenvalue weighted by molar-refractivity contribution is -0.384. The molecule has 1 unspecified atom stereocenters. The van der Waals surface area contributed by atoms with E-state index in [1.807, 2.05) is 6.07 Å². The van der Waals surface area contributed by atoms with Crippen LogP contribution in [0.2, 0.25) is 0 Å². The molecule has 0 saturated carbocycles. The van der Waals surface area contributed by atoms with Crippen molar-refractivity contribution in [3.63, 3.8) is 0 Å². The van der Waals surface area contributed by atoms with E-state index in [0.717, 1.165) is 32.4 Å². The van der Waals surface area contributed by atoms with Gasteiger partial charge in [-0.1, -0.05) is 37.3 Å². The van der Waals surface area contributed by atoms with E-state index < -0.39 is 0 Å². The Balaban J connectivity index is 1.74. The molecule has 1 aromatic carbocycles. The lowest BCUT2D eigenvalue weighted by Gasteiger charge is -2.25. The van der Waals surface area contributed by atoms with Crippen molar-refractivity contribution in [2.24, 2.45) is 12.5 Å². The summed E-state index contributed by atoms with van der Waals surface area (Å²) in [6.07, 6.45) is 3.16. The van der Waals surface area contributed by atoms with E-state index in [2.05, 4.69) is 41.2 Å². The van der Waals surface area contributed by atoms with Crippen molar-refractivity contribution in [2.75, 3.05) is 18.0 Å². The van der Waals surface area contributed by atoms with E-state index in [4.69, 9.17) is 0 Å². The molecule has 0 radical (unpaired) electrons. The molecule has 128 valence electrons. The van der Waals surface area contributed by atoms with E-state index in [9.17, 15) is 10.1 Å². The standard InChI is InChI=1S/C18H24N4O2/c1-14-16(22(23)24)17(20(3)19-14)21-12-11-18(2,13-21)10-9-15-7-5-4-6-8-15/h4-8H,9-13H2,1-3H3. The van der Waals surface area contributed by atoms with Crippen LogP contribution in [0.25, 0.3) is 0 Å². The van der Waals surface area contributed by atoms with Crippen molar-refractivity contribution < 1.29 is 4.92 Å². The Morgan fingerprint density at radius 2 is 2.04 bits per heavy atom. The highest BCUT2D eigenvalue weighted by molar-refractivity contribution is 5.62. The quantitative estimate of drug-likeness (QED) is 0.622. The van der Waals surface area contributed by atoms with Crippen LogP contribution in [0.3, 0.4) is 0 Å². The van der Waals surface area contributed by atoms with E-state index >= 15 is 0 Å². The highest BCUT2D eigenvalue weighted by Crippen LogP contribution is 2.40. The van der Waals surface area contributed by atoms with Crippen LogP contribution in [-0.2, 0) is 13.5 Å². The van der Waals surface area contributed by atoms with Gasteiger partial charge in [0.2, 0.25) is 5.82 Å². The summed E-state index contributed by atoms with van der Waals surface area (Å²) in [6.45, 7) is 5.65. The minimum atomic E-state index is -0.308. The van der Waals surface area contributed by atoms with Crippen molar-refractivity contribution in [3.8, 4) is 0 Å². The van der Waals surface area contributed by atoms with Gasteiger partial charge in [0.15, 0.2) is 0 Å². The molecule has 6 heteroatoms. The lowest BCUT2D eigenvalue weighted by Crippen LogP contribution is -2.27. The molecule has 6 nitrogen and oxygen atoms in total. The summed E-state index contributed by atoms with van der Waals surface area (Å²) in [5.74, 6) is 0.640. The summed E-state index contributed by atoms with van der Waals surface area (Å²) < 4.78 is 1.65. The minimum Gasteiger partial charge on any atom is -0.351 e. The van der Waals surface area contributed by atoms with Crippen molar-refractivity contribution in [1.29, 1.82) is 0 Å². The van der Waals surface area contributed by atoms with Crippen LogP contribution in [0.5, 0.6) is 0 Å². The summed E-state index contributed by atoms with van der Waals surface area (Å²) in [6, 6.07) is 10.5. The Bertz CT molecular complexity index is 741. The zero-order valence-electron chi connectivity index (χ0n) is 14.5. The zero-order valence-corrected chi connectivity index (χ0v) is 14.5. The molecule has 2 heterocycles. The monoisotopic (exact) mass is 328 g/mol. The number of nitrogens with zero attached hydrogens (tertiary/aromatic N) is 4. The second-order valence-corrected chi connectivity index (χ2v) is 7.11. The van der Waals surface area contributed by atoms with Gasteiger partial charge in [0, 0.05) is 20.1 Å². The third-order valence-electron chi connectivity index (χ3n) is 5.06. The van der Waals surface area contributed by atoms with Gasteiger partial charge >= 0.3 is 5.69 Å². The summed E-state index contributed by atoms with van der Waals surface area (Å²) in [5, 5.41) is 15.7. The van der Waals surface area contributed by atoms with Crippen LogP contribution in [0, 0.1) is 22.5 Å². The molecular weight excluding hydrogens is 304 g/mol. The maximum Gasteiger partial charge on any atom is 0.333 e. The van der Waals surface area contributed by atoms with Crippen molar-refractivity contribution in [3.05, 3.63) is 51.7 Å². The predicted octanol–water partition coefficient (Wildman–Crippen LogP) is 3.49. The molecule has 0 bridgehead atoms.